The van der Waals surface area contributed by atoms with E-state index in [1.54, 1.807) is 0 Å². The highest BCUT2D eigenvalue weighted by atomic mass is 35.5. The van der Waals surface area contributed by atoms with Crippen LogP contribution in [0.4, 0.5) is 24.8 Å². The lowest BCUT2D eigenvalue weighted by molar-refractivity contribution is -0.136. The summed E-state index contributed by atoms with van der Waals surface area (Å²) in [4.78, 5) is 19.9. The van der Waals surface area contributed by atoms with E-state index in [1.165, 1.54) is 24.4 Å². The standard InChI is InChI=1S/C17H18ClF3N4O/c1-2-3-4-8-22-15(26)14-7-9-23-16(25-14)24-13-6-5-11(18)10-12(13)17(19,20)21/h5-7,9-10H,2-4,8H2,1H3,(H,22,26)(H,23,24,25). The van der Waals surface area contributed by atoms with Gasteiger partial charge in [-0.25, -0.2) is 9.97 Å². The molecule has 9 heteroatoms. The molecule has 0 aliphatic carbocycles. The second-order valence-corrected chi connectivity index (χ2v) is 5.98. The number of alkyl halides is 3. The minimum Gasteiger partial charge on any atom is -0.351 e. The fourth-order valence-electron chi connectivity index (χ4n) is 2.19. The number of halogens is 4. The van der Waals surface area contributed by atoms with E-state index < -0.39 is 17.6 Å². The van der Waals surface area contributed by atoms with Crippen LogP contribution in [0.1, 0.15) is 42.2 Å². The van der Waals surface area contributed by atoms with Crippen LogP contribution in [-0.4, -0.2) is 22.4 Å². The Bertz CT molecular complexity index is 768. The van der Waals surface area contributed by atoms with E-state index >= 15 is 0 Å². The molecule has 2 rings (SSSR count). The van der Waals surface area contributed by atoms with Crippen LogP contribution in [-0.2, 0) is 6.18 Å². The van der Waals surface area contributed by atoms with Gasteiger partial charge in [-0.05, 0) is 30.7 Å². The van der Waals surface area contributed by atoms with Gasteiger partial charge < -0.3 is 10.6 Å². The molecule has 140 valence electrons. The third-order valence-electron chi connectivity index (χ3n) is 3.49. The number of benzene rings is 1. The lowest BCUT2D eigenvalue weighted by atomic mass is 10.1. The van der Waals surface area contributed by atoms with E-state index in [0.29, 0.717) is 6.54 Å². The largest absolute Gasteiger partial charge is 0.418 e. The Balaban J connectivity index is 2.15. The van der Waals surface area contributed by atoms with Crippen molar-refractivity contribution in [3.8, 4) is 0 Å². The number of aromatic nitrogens is 2. The summed E-state index contributed by atoms with van der Waals surface area (Å²) >= 11 is 5.65. The first kappa shape index (κ1) is 20.0. The lowest BCUT2D eigenvalue weighted by Gasteiger charge is -2.14. The third-order valence-corrected chi connectivity index (χ3v) is 3.72. The number of amides is 1. The maximum absolute atomic E-state index is 13.1. The number of unbranched alkanes of at least 4 members (excludes halogenated alkanes) is 2. The van der Waals surface area contributed by atoms with Crippen LogP contribution >= 0.6 is 11.6 Å². The smallest absolute Gasteiger partial charge is 0.351 e. The molecule has 1 aromatic heterocycles. The van der Waals surface area contributed by atoms with E-state index in [-0.39, 0.29) is 22.4 Å². The van der Waals surface area contributed by atoms with Crippen molar-refractivity contribution >= 4 is 29.1 Å². The van der Waals surface area contributed by atoms with Crippen molar-refractivity contribution in [1.29, 1.82) is 0 Å². The molecular weight excluding hydrogens is 369 g/mol. The Labute approximate surface area is 154 Å². The molecule has 1 amide bonds. The summed E-state index contributed by atoms with van der Waals surface area (Å²) in [7, 11) is 0. The molecule has 0 unspecified atom stereocenters. The quantitative estimate of drug-likeness (QED) is 0.670. The van der Waals surface area contributed by atoms with Crippen molar-refractivity contribution in [1.82, 2.24) is 15.3 Å². The first-order valence-corrected chi connectivity index (χ1v) is 8.44. The Morgan fingerprint density at radius 2 is 2.00 bits per heavy atom. The fourth-order valence-corrected chi connectivity index (χ4v) is 2.37. The number of nitrogens with zero attached hydrogens (tertiary/aromatic N) is 2. The van der Waals surface area contributed by atoms with E-state index in [4.69, 9.17) is 11.6 Å². The van der Waals surface area contributed by atoms with Crippen LogP contribution < -0.4 is 10.6 Å². The van der Waals surface area contributed by atoms with Crippen LogP contribution in [0.5, 0.6) is 0 Å². The lowest BCUT2D eigenvalue weighted by Crippen LogP contribution is -2.25. The van der Waals surface area contributed by atoms with Gasteiger partial charge in [0.05, 0.1) is 11.3 Å². The zero-order valence-electron chi connectivity index (χ0n) is 14.0. The molecule has 0 bridgehead atoms. The van der Waals surface area contributed by atoms with Crippen LogP contribution in [0.15, 0.2) is 30.5 Å². The normalized spacial score (nSPS) is 11.3. The molecule has 2 N–H and O–H groups in total. The molecule has 0 fully saturated rings. The fraction of sp³-hybridized carbons (Fsp3) is 0.353. The topological polar surface area (TPSA) is 66.9 Å². The molecule has 0 radical (unpaired) electrons. The van der Waals surface area contributed by atoms with E-state index in [9.17, 15) is 18.0 Å². The zero-order valence-corrected chi connectivity index (χ0v) is 14.8. The van der Waals surface area contributed by atoms with Gasteiger partial charge in [0.25, 0.3) is 5.91 Å². The average Bonchev–Trinajstić information content (AvgIpc) is 2.59. The summed E-state index contributed by atoms with van der Waals surface area (Å²) in [6.45, 7) is 2.56. The molecule has 0 aliphatic heterocycles. The van der Waals surface area contributed by atoms with Gasteiger partial charge in [0.15, 0.2) is 0 Å². The van der Waals surface area contributed by atoms with Crippen molar-refractivity contribution in [2.75, 3.05) is 11.9 Å². The number of rotatable bonds is 7. The number of carbonyl (C=O) groups is 1. The SMILES string of the molecule is CCCCCNC(=O)c1ccnc(Nc2ccc(Cl)cc2C(F)(F)F)n1. The summed E-state index contributed by atoms with van der Waals surface area (Å²) < 4.78 is 39.4. The van der Waals surface area contributed by atoms with Crippen molar-refractivity contribution in [2.24, 2.45) is 0 Å². The monoisotopic (exact) mass is 386 g/mol. The first-order chi connectivity index (χ1) is 12.3. The van der Waals surface area contributed by atoms with Gasteiger partial charge in [-0.3, -0.25) is 4.79 Å². The summed E-state index contributed by atoms with van der Waals surface area (Å²) in [5.74, 6) is -0.516. The van der Waals surface area contributed by atoms with Gasteiger partial charge in [0.2, 0.25) is 5.95 Å². The van der Waals surface area contributed by atoms with E-state index in [2.05, 4.69) is 27.5 Å². The maximum atomic E-state index is 13.1. The third kappa shape index (κ3) is 5.59. The second kappa shape index (κ2) is 8.84. The van der Waals surface area contributed by atoms with Gasteiger partial charge in [-0.15, -0.1) is 0 Å². The second-order valence-electron chi connectivity index (χ2n) is 5.54. The van der Waals surface area contributed by atoms with Gasteiger partial charge in [-0.1, -0.05) is 31.4 Å². The molecule has 5 nitrogen and oxygen atoms in total. The Hall–Kier alpha value is -2.35. The predicted octanol–water partition coefficient (Wildman–Crippen LogP) is 4.81. The first-order valence-electron chi connectivity index (χ1n) is 8.06. The Morgan fingerprint density at radius 1 is 1.23 bits per heavy atom. The van der Waals surface area contributed by atoms with Gasteiger partial charge in [0.1, 0.15) is 5.69 Å². The number of hydrogen-bond donors (Lipinski definition) is 2. The Morgan fingerprint density at radius 3 is 2.69 bits per heavy atom. The minimum atomic E-state index is -4.60. The number of hydrogen-bond acceptors (Lipinski definition) is 4. The number of nitrogens with one attached hydrogen (secondary N) is 2. The summed E-state index contributed by atoms with van der Waals surface area (Å²) in [5.41, 5.74) is -1.12. The maximum Gasteiger partial charge on any atom is 0.418 e. The van der Waals surface area contributed by atoms with Crippen molar-refractivity contribution in [3.05, 3.63) is 46.7 Å². The molecule has 26 heavy (non-hydrogen) atoms. The van der Waals surface area contributed by atoms with Gasteiger partial charge >= 0.3 is 6.18 Å². The van der Waals surface area contributed by atoms with Crippen LogP contribution in [0.3, 0.4) is 0 Å². The predicted molar refractivity (Wildman–Crippen MR) is 93.6 cm³/mol. The molecule has 1 aromatic carbocycles. The zero-order chi connectivity index (χ0) is 19.2. The van der Waals surface area contributed by atoms with Gasteiger partial charge in [0, 0.05) is 17.8 Å². The van der Waals surface area contributed by atoms with Crippen LogP contribution in [0.2, 0.25) is 5.02 Å². The summed E-state index contributed by atoms with van der Waals surface area (Å²) in [6, 6.07) is 4.72. The summed E-state index contributed by atoms with van der Waals surface area (Å²) in [6.07, 6.45) is -0.424. The van der Waals surface area contributed by atoms with E-state index in [0.717, 1.165) is 25.3 Å². The molecule has 0 atom stereocenters. The van der Waals surface area contributed by atoms with Gasteiger partial charge in [-0.2, -0.15) is 13.2 Å². The van der Waals surface area contributed by atoms with Crippen molar-refractivity contribution in [2.45, 2.75) is 32.4 Å². The molecule has 0 saturated heterocycles. The van der Waals surface area contributed by atoms with Crippen molar-refractivity contribution in [3.63, 3.8) is 0 Å². The molecule has 0 spiro atoms. The van der Waals surface area contributed by atoms with E-state index in [1.807, 2.05) is 0 Å². The highest BCUT2D eigenvalue weighted by molar-refractivity contribution is 6.30. The number of carbonyl (C=O) groups excluding carboxylic acids is 1. The Kier molecular flexibility index (Phi) is 6.79. The minimum absolute atomic E-state index is 0.0380. The van der Waals surface area contributed by atoms with Crippen molar-refractivity contribution < 1.29 is 18.0 Å². The molecule has 2 aromatic rings. The number of anilines is 2. The summed E-state index contributed by atoms with van der Waals surface area (Å²) in [5, 5.41) is 5.17. The highest BCUT2D eigenvalue weighted by Crippen LogP contribution is 2.37. The molecular formula is C17H18ClF3N4O. The molecule has 1 heterocycles. The van der Waals surface area contributed by atoms with Crippen LogP contribution in [0.25, 0.3) is 0 Å². The average molecular weight is 387 g/mol. The highest BCUT2D eigenvalue weighted by Gasteiger charge is 2.34. The molecule has 0 saturated carbocycles. The van der Waals surface area contributed by atoms with Crippen LogP contribution in [0, 0.1) is 0 Å². The molecule has 0 aliphatic rings.